The summed E-state index contributed by atoms with van der Waals surface area (Å²) in [7, 11) is 0. The number of hydrogen-bond acceptors (Lipinski definition) is 3. The van der Waals surface area contributed by atoms with E-state index in [1.165, 1.54) is 5.69 Å². The van der Waals surface area contributed by atoms with Gasteiger partial charge in [0.25, 0.3) is 0 Å². The minimum atomic E-state index is 0.383. The van der Waals surface area contributed by atoms with Gasteiger partial charge in [0.05, 0.1) is 12.2 Å². The molecule has 0 saturated heterocycles. The van der Waals surface area contributed by atoms with E-state index >= 15 is 0 Å². The van der Waals surface area contributed by atoms with Crippen molar-refractivity contribution in [2.75, 3.05) is 6.61 Å². The monoisotopic (exact) mass is 303 g/mol. The fourth-order valence-corrected chi connectivity index (χ4v) is 2.28. The Kier molecular flexibility index (Phi) is 5.33. The van der Waals surface area contributed by atoms with Gasteiger partial charge in [-0.25, -0.2) is 0 Å². The molecule has 0 aliphatic carbocycles. The Balaban J connectivity index is 1.96. The number of aryl methyl sites for hydroxylation is 2. The Hall–Kier alpha value is -1.88. The molecule has 2 N–H and O–H groups in total. The second-order valence-electron chi connectivity index (χ2n) is 4.80. The molecule has 4 nitrogen and oxygen atoms in total. The molecule has 2 rings (SSSR count). The second-order valence-corrected chi connectivity index (χ2v) is 5.24. The maximum absolute atomic E-state index is 5.77. The van der Waals surface area contributed by atoms with Gasteiger partial charge in [-0.3, -0.25) is 4.68 Å². The van der Waals surface area contributed by atoms with Crippen molar-refractivity contribution >= 4 is 17.2 Å². The highest BCUT2D eigenvalue weighted by molar-refractivity contribution is 7.80. The number of aromatic nitrogens is 2. The fraction of sp³-hybridized carbons (Fsp3) is 0.375. The minimum absolute atomic E-state index is 0.383. The first-order valence-corrected chi connectivity index (χ1v) is 7.63. The van der Waals surface area contributed by atoms with Crippen LogP contribution in [0.5, 0.6) is 5.75 Å². The predicted octanol–water partition coefficient (Wildman–Crippen LogP) is 2.72. The Bertz CT molecular complexity index is 622. The summed E-state index contributed by atoms with van der Waals surface area (Å²) in [5.41, 5.74) is 8.81. The van der Waals surface area contributed by atoms with Crippen LogP contribution in [0.4, 0.5) is 0 Å². The molecule has 5 heteroatoms. The summed E-state index contributed by atoms with van der Waals surface area (Å²) in [6.07, 6.45) is 1.93. The molecule has 0 aliphatic heterocycles. The minimum Gasteiger partial charge on any atom is -0.492 e. The summed E-state index contributed by atoms with van der Waals surface area (Å²) in [6.45, 7) is 5.56. The molecule has 1 heterocycles. The van der Waals surface area contributed by atoms with Crippen molar-refractivity contribution in [3.05, 3.63) is 47.3 Å². The van der Waals surface area contributed by atoms with E-state index in [4.69, 9.17) is 22.7 Å². The zero-order valence-corrected chi connectivity index (χ0v) is 13.3. The van der Waals surface area contributed by atoms with E-state index < -0.39 is 0 Å². The molecule has 0 unspecified atom stereocenters. The number of benzene rings is 1. The maximum Gasteiger partial charge on any atom is 0.120 e. The standard InChI is InChI=1S/C16H21N3OS/c1-3-13-11-14(4-2)19(18-13)8-9-20-15-7-5-6-12(10-15)16(17)21/h5-7,10-11H,3-4,8-9H2,1-2H3,(H2,17,21). The number of rotatable bonds is 7. The molecular weight excluding hydrogens is 282 g/mol. The van der Waals surface area contributed by atoms with Crippen LogP contribution < -0.4 is 10.5 Å². The van der Waals surface area contributed by atoms with Crippen LogP contribution in [-0.4, -0.2) is 21.4 Å². The summed E-state index contributed by atoms with van der Waals surface area (Å²) in [4.78, 5) is 0.383. The molecule has 0 spiro atoms. The van der Waals surface area contributed by atoms with Crippen LogP contribution in [-0.2, 0) is 19.4 Å². The van der Waals surface area contributed by atoms with Gasteiger partial charge in [-0.2, -0.15) is 5.10 Å². The third-order valence-electron chi connectivity index (χ3n) is 3.33. The summed E-state index contributed by atoms with van der Waals surface area (Å²) in [5.74, 6) is 0.779. The predicted molar refractivity (Wildman–Crippen MR) is 88.8 cm³/mol. The van der Waals surface area contributed by atoms with E-state index in [9.17, 15) is 0 Å². The topological polar surface area (TPSA) is 53.1 Å². The van der Waals surface area contributed by atoms with E-state index in [1.807, 2.05) is 28.9 Å². The van der Waals surface area contributed by atoms with Crippen molar-refractivity contribution in [1.29, 1.82) is 0 Å². The Morgan fingerprint density at radius 1 is 1.29 bits per heavy atom. The molecule has 1 aromatic carbocycles. The average molecular weight is 303 g/mol. The molecule has 1 aromatic heterocycles. The van der Waals surface area contributed by atoms with Gasteiger partial charge >= 0.3 is 0 Å². The SMILES string of the molecule is CCc1cc(CC)n(CCOc2cccc(C(N)=S)c2)n1. The van der Waals surface area contributed by atoms with E-state index in [-0.39, 0.29) is 0 Å². The van der Waals surface area contributed by atoms with Gasteiger partial charge in [0.2, 0.25) is 0 Å². The van der Waals surface area contributed by atoms with Gasteiger partial charge in [0, 0.05) is 11.3 Å². The molecule has 0 bridgehead atoms. The Morgan fingerprint density at radius 3 is 2.76 bits per heavy atom. The van der Waals surface area contributed by atoms with Gasteiger partial charge in [-0.05, 0) is 31.0 Å². The number of nitrogens with two attached hydrogens (primary N) is 1. The molecule has 0 radical (unpaired) electrons. The largest absolute Gasteiger partial charge is 0.492 e. The molecule has 0 amide bonds. The molecule has 21 heavy (non-hydrogen) atoms. The second kappa shape index (κ2) is 7.22. The number of hydrogen-bond donors (Lipinski definition) is 1. The highest BCUT2D eigenvalue weighted by atomic mass is 32.1. The highest BCUT2D eigenvalue weighted by Gasteiger charge is 2.05. The van der Waals surface area contributed by atoms with E-state index in [1.54, 1.807) is 0 Å². The quantitative estimate of drug-likeness (QED) is 0.799. The van der Waals surface area contributed by atoms with Crippen LogP contribution in [0.1, 0.15) is 30.8 Å². The van der Waals surface area contributed by atoms with E-state index in [0.29, 0.717) is 11.6 Å². The first-order valence-electron chi connectivity index (χ1n) is 7.22. The Labute approximate surface area is 130 Å². The van der Waals surface area contributed by atoms with Gasteiger partial charge in [0.15, 0.2) is 0 Å². The first-order chi connectivity index (χ1) is 10.1. The summed E-state index contributed by atoms with van der Waals surface area (Å²) in [5, 5.41) is 4.57. The van der Waals surface area contributed by atoms with Crippen LogP contribution in [0, 0.1) is 0 Å². The van der Waals surface area contributed by atoms with Gasteiger partial charge in [-0.1, -0.05) is 38.2 Å². The highest BCUT2D eigenvalue weighted by Crippen LogP contribution is 2.13. The van der Waals surface area contributed by atoms with Gasteiger partial charge in [0.1, 0.15) is 17.3 Å². The Morgan fingerprint density at radius 2 is 2.10 bits per heavy atom. The number of nitrogens with zero attached hydrogens (tertiary/aromatic N) is 2. The summed E-state index contributed by atoms with van der Waals surface area (Å²) >= 11 is 4.97. The van der Waals surface area contributed by atoms with Crippen LogP contribution in [0.2, 0.25) is 0 Å². The van der Waals surface area contributed by atoms with E-state index in [0.717, 1.165) is 36.4 Å². The lowest BCUT2D eigenvalue weighted by Crippen LogP contribution is -2.13. The van der Waals surface area contributed by atoms with Crippen LogP contribution >= 0.6 is 12.2 Å². The lowest BCUT2D eigenvalue weighted by molar-refractivity contribution is 0.289. The van der Waals surface area contributed by atoms with Crippen LogP contribution in [0.15, 0.2) is 30.3 Å². The maximum atomic E-state index is 5.77. The first kappa shape index (κ1) is 15.5. The molecule has 0 fully saturated rings. The number of thiocarbonyl (C=S) groups is 1. The molecule has 0 aliphatic rings. The molecule has 112 valence electrons. The summed E-state index contributed by atoms with van der Waals surface area (Å²) in [6, 6.07) is 9.70. The zero-order chi connectivity index (χ0) is 15.2. The van der Waals surface area contributed by atoms with Crippen molar-refractivity contribution in [3.8, 4) is 5.75 Å². The van der Waals surface area contributed by atoms with Crippen molar-refractivity contribution in [3.63, 3.8) is 0 Å². The molecule has 2 aromatic rings. The lowest BCUT2D eigenvalue weighted by atomic mass is 10.2. The molecular formula is C16H21N3OS. The molecule has 0 saturated carbocycles. The lowest BCUT2D eigenvalue weighted by Gasteiger charge is -2.09. The van der Waals surface area contributed by atoms with Crippen LogP contribution in [0.25, 0.3) is 0 Å². The summed E-state index contributed by atoms with van der Waals surface area (Å²) < 4.78 is 7.79. The van der Waals surface area contributed by atoms with Gasteiger partial charge in [-0.15, -0.1) is 0 Å². The van der Waals surface area contributed by atoms with Crippen molar-refractivity contribution in [1.82, 2.24) is 9.78 Å². The van der Waals surface area contributed by atoms with Crippen LogP contribution in [0.3, 0.4) is 0 Å². The zero-order valence-electron chi connectivity index (χ0n) is 12.5. The van der Waals surface area contributed by atoms with Crippen molar-refractivity contribution in [2.45, 2.75) is 33.2 Å². The fourth-order valence-electron chi connectivity index (χ4n) is 2.16. The normalized spacial score (nSPS) is 10.6. The third kappa shape index (κ3) is 4.04. The smallest absolute Gasteiger partial charge is 0.120 e. The van der Waals surface area contributed by atoms with Gasteiger partial charge < -0.3 is 10.5 Å². The third-order valence-corrected chi connectivity index (χ3v) is 3.56. The number of ether oxygens (including phenoxy) is 1. The molecule has 0 atom stereocenters. The van der Waals surface area contributed by atoms with Crippen molar-refractivity contribution in [2.24, 2.45) is 5.73 Å². The van der Waals surface area contributed by atoms with Crippen molar-refractivity contribution < 1.29 is 4.74 Å². The average Bonchev–Trinajstić information content (AvgIpc) is 2.90. The van der Waals surface area contributed by atoms with E-state index in [2.05, 4.69) is 25.0 Å².